The summed E-state index contributed by atoms with van der Waals surface area (Å²) >= 11 is 6.23. The lowest BCUT2D eigenvalue weighted by Gasteiger charge is -2.23. The van der Waals surface area contributed by atoms with Gasteiger partial charge in [0.15, 0.2) is 9.84 Å². The Balaban J connectivity index is 1.83. The van der Waals surface area contributed by atoms with E-state index < -0.39 is 27.7 Å². The van der Waals surface area contributed by atoms with Gasteiger partial charge >= 0.3 is 6.03 Å². The average molecular weight is 381 g/mol. The minimum Gasteiger partial charge on any atom is -0.288 e. The maximum atomic E-state index is 13.2. The van der Waals surface area contributed by atoms with Gasteiger partial charge in [-0.1, -0.05) is 23.7 Å². The molecule has 8 heteroatoms. The fraction of sp³-hybridized carbons (Fsp3) is 0.235. The van der Waals surface area contributed by atoms with Crippen molar-refractivity contribution in [2.24, 2.45) is 0 Å². The van der Waals surface area contributed by atoms with E-state index in [1.165, 1.54) is 34.1 Å². The van der Waals surface area contributed by atoms with E-state index in [-0.39, 0.29) is 17.5 Å². The molecule has 2 aromatic carbocycles. The van der Waals surface area contributed by atoms with Crippen molar-refractivity contribution in [1.29, 1.82) is 0 Å². The molecule has 2 aromatic rings. The van der Waals surface area contributed by atoms with Gasteiger partial charge < -0.3 is 0 Å². The topological polar surface area (TPSA) is 57.7 Å². The van der Waals surface area contributed by atoms with Crippen molar-refractivity contribution >= 4 is 38.8 Å². The SMILES string of the molecule is O=C1N(c2ccccc2Cl)[C@@H]2CS(=O)(=O)C[C@@H]2N1c1ccc(F)cc1. The van der Waals surface area contributed by atoms with E-state index in [0.717, 1.165) is 0 Å². The Labute approximate surface area is 149 Å². The Morgan fingerprint density at radius 3 is 2.20 bits per heavy atom. The van der Waals surface area contributed by atoms with Gasteiger partial charge in [-0.05, 0) is 36.4 Å². The van der Waals surface area contributed by atoms with E-state index in [2.05, 4.69) is 0 Å². The van der Waals surface area contributed by atoms with Crippen LogP contribution < -0.4 is 9.80 Å². The summed E-state index contributed by atoms with van der Waals surface area (Å²) in [7, 11) is -3.28. The van der Waals surface area contributed by atoms with Gasteiger partial charge in [0.25, 0.3) is 0 Å². The maximum absolute atomic E-state index is 13.2. The number of anilines is 2. The van der Waals surface area contributed by atoms with Crippen LogP contribution in [0.15, 0.2) is 48.5 Å². The van der Waals surface area contributed by atoms with Crippen LogP contribution in [0.1, 0.15) is 0 Å². The second kappa shape index (κ2) is 5.71. The predicted octanol–water partition coefficient (Wildman–Crippen LogP) is 3.09. The molecule has 0 spiro atoms. The van der Waals surface area contributed by atoms with Gasteiger partial charge in [0, 0.05) is 5.69 Å². The number of hydrogen-bond donors (Lipinski definition) is 0. The van der Waals surface area contributed by atoms with E-state index in [9.17, 15) is 17.6 Å². The summed E-state index contributed by atoms with van der Waals surface area (Å²) in [6, 6.07) is 10.9. The number of sulfone groups is 1. The number of rotatable bonds is 2. The average Bonchev–Trinajstić information content (AvgIpc) is 2.99. The largest absolute Gasteiger partial charge is 0.329 e. The Morgan fingerprint density at radius 1 is 0.960 bits per heavy atom. The van der Waals surface area contributed by atoms with E-state index in [0.29, 0.717) is 16.4 Å². The van der Waals surface area contributed by atoms with Crippen LogP contribution in [-0.2, 0) is 9.84 Å². The summed E-state index contributed by atoms with van der Waals surface area (Å²) in [4.78, 5) is 15.9. The highest BCUT2D eigenvalue weighted by Crippen LogP contribution is 2.40. The number of fused-ring (bicyclic) bond motifs is 1. The Hall–Kier alpha value is -2.12. The quantitative estimate of drug-likeness (QED) is 0.752. The molecule has 4 rings (SSSR count). The molecule has 130 valence electrons. The van der Waals surface area contributed by atoms with Crippen molar-refractivity contribution in [2.75, 3.05) is 21.3 Å². The highest BCUT2D eigenvalue weighted by Gasteiger charge is 2.54. The lowest BCUT2D eigenvalue weighted by Crippen LogP contribution is -2.38. The number of carbonyl (C=O) groups excluding carboxylic acids is 1. The number of carbonyl (C=O) groups is 1. The molecule has 2 aliphatic rings. The van der Waals surface area contributed by atoms with Crippen LogP contribution >= 0.6 is 11.6 Å². The zero-order valence-corrected chi connectivity index (χ0v) is 14.5. The van der Waals surface area contributed by atoms with Gasteiger partial charge in [-0.25, -0.2) is 17.6 Å². The van der Waals surface area contributed by atoms with Gasteiger partial charge in [0.1, 0.15) is 5.82 Å². The Kier molecular flexibility index (Phi) is 3.73. The zero-order valence-electron chi connectivity index (χ0n) is 13.0. The molecular formula is C17H14ClFN2O3S. The lowest BCUT2D eigenvalue weighted by atomic mass is 10.1. The second-order valence-corrected chi connectivity index (χ2v) is 8.72. The summed E-state index contributed by atoms with van der Waals surface area (Å²) < 4.78 is 37.6. The molecule has 2 heterocycles. The van der Waals surface area contributed by atoms with Gasteiger partial charge in [-0.2, -0.15) is 0 Å². The third-order valence-corrected chi connectivity index (χ3v) is 6.60. The number of urea groups is 1. The first-order valence-corrected chi connectivity index (χ1v) is 9.90. The number of amides is 2. The molecule has 0 unspecified atom stereocenters. The summed E-state index contributed by atoms with van der Waals surface area (Å²) in [6.45, 7) is 0. The van der Waals surface area contributed by atoms with E-state index in [1.807, 2.05) is 0 Å². The van der Waals surface area contributed by atoms with Gasteiger partial charge in [-0.3, -0.25) is 9.80 Å². The third-order valence-electron chi connectivity index (χ3n) is 4.59. The molecule has 2 amide bonds. The number of nitrogens with zero attached hydrogens (tertiary/aromatic N) is 2. The molecule has 2 fully saturated rings. The van der Waals surface area contributed by atoms with Crippen LogP contribution in [0.5, 0.6) is 0 Å². The monoisotopic (exact) mass is 380 g/mol. The number of hydrogen-bond acceptors (Lipinski definition) is 3. The molecule has 2 aliphatic heterocycles. The Morgan fingerprint density at radius 2 is 1.56 bits per heavy atom. The number of benzene rings is 2. The van der Waals surface area contributed by atoms with Crippen LogP contribution in [0, 0.1) is 5.82 Å². The molecule has 0 aromatic heterocycles. The summed E-state index contributed by atoms with van der Waals surface area (Å²) in [6.07, 6.45) is 0. The molecule has 0 saturated carbocycles. The summed E-state index contributed by atoms with van der Waals surface area (Å²) in [5.41, 5.74) is 0.943. The highest BCUT2D eigenvalue weighted by molar-refractivity contribution is 7.91. The van der Waals surface area contributed by atoms with Crippen molar-refractivity contribution < 1.29 is 17.6 Å². The minimum atomic E-state index is -3.28. The van der Waals surface area contributed by atoms with Crippen LogP contribution in [0.2, 0.25) is 5.02 Å². The molecular weight excluding hydrogens is 367 g/mol. The van der Waals surface area contributed by atoms with Crippen molar-refractivity contribution in [3.8, 4) is 0 Å². The first-order chi connectivity index (χ1) is 11.9. The zero-order chi connectivity index (χ0) is 17.8. The molecule has 0 N–H and O–H groups in total. The van der Waals surface area contributed by atoms with Gasteiger partial charge in [-0.15, -0.1) is 0 Å². The maximum Gasteiger partial charge on any atom is 0.329 e. The van der Waals surface area contributed by atoms with Crippen LogP contribution in [-0.4, -0.2) is 38.0 Å². The van der Waals surface area contributed by atoms with Crippen LogP contribution in [0.3, 0.4) is 0 Å². The first kappa shape index (κ1) is 16.4. The second-order valence-electron chi connectivity index (χ2n) is 6.16. The van der Waals surface area contributed by atoms with E-state index in [4.69, 9.17) is 11.6 Å². The first-order valence-electron chi connectivity index (χ1n) is 7.70. The Bertz CT molecular complexity index is 949. The van der Waals surface area contributed by atoms with Crippen LogP contribution in [0.4, 0.5) is 20.6 Å². The van der Waals surface area contributed by atoms with E-state index in [1.54, 1.807) is 24.3 Å². The lowest BCUT2D eigenvalue weighted by molar-refractivity contribution is 0.255. The van der Waals surface area contributed by atoms with Crippen molar-refractivity contribution in [3.63, 3.8) is 0 Å². The van der Waals surface area contributed by atoms with Crippen LogP contribution in [0.25, 0.3) is 0 Å². The predicted molar refractivity (Wildman–Crippen MR) is 94.4 cm³/mol. The summed E-state index contributed by atoms with van der Waals surface area (Å²) in [5.74, 6) is -0.664. The third kappa shape index (κ3) is 2.67. The molecule has 0 radical (unpaired) electrons. The van der Waals surface area contributed by atoms with Gasteiger partial charge in [0.05, 0.1) is 34.3 Å². The number of halogens is 2. The fourth-order valence-corrected chi connectivity index (χ4v) is 5.68. The smallest absolute Gasteiger partial charge is 0.288 e. The molecule has 0 aliphatic carbocycles. The molecule has 5 nitrogen and oxygen atoms in total. The van der Waals surface area contributed by atoms with Gasteiger partial charge in [0.2, 0.25) is 0 Å². The normalized spacial score (nSPS) is 24.6. The molecule has 2 saturated heterocycles. The minimum absolute atomic E-state index is 0.119. The standard InChI is InChI=1S/C17H14ClFN2O3S/c18-13-3-1-2-4-14(13)21-16-10-25(23,24)9-15(16)20(17(21)22)12-7-5-11(19)6-8-12/h1-8,15-16H,9-10H2/t15-,16+/m0/s1. The molecule has 2 atom stereocenters. The summed E-state index contributed by atoms with van der Waals surface area (Å²) in [5, 5.41) is 0.375. The molecule has 0 bridgehead atoms. The van der Waals surface area contributed by atoms with Crippen molar-refractivity contribution in [1.82, 2.24) is 0 Å². The van der Waals surface area contributed by atoms with Crippen molar-refractivity contribution in [3.05, 3.63) is 59.4 Å². The fourth-order valence-electron chi connectivity index (χ4n) is 3.54. The van der Waals surface area contributed by atoms with E-state index >= 15 is 0 Å². The molecule has 25 heavy (non-hydrogen) atoms. The highest BCUT2D eigenvalue weighted by atomic mass is 35.5. The number of para-hydroxylation sites is 1. The van der Waals surface area contributed by atoms with Crippen molar-refractivity contribution in [2.45, 2.75) is 12.1 Å².